The first-order valence-corrected chi connectivity index (χ1v) is 4.73. The SMILES string of the molecule is O=C(Cl)c1c(C(F)F)cc(I)nc1F. The smallest absolute Gasteiger partial charge is 0.264 e. The van der Waals surface area contributed by atoms with Gasteiger partial charge in [0.15, 0.2) is 0 Å². The van der Waals surface area contributed by atoms with Crippen molar-refractivity contribution in [3.8, 4) is 0 Å². The molecule has 7 heteroatoms. The fraction of sp³-hybridized carbons (Fsp3) is 0.143. The molecule has 1 heterocycles. The van der Waals surface area contributed by atoms with Crippen molar-refractivity contribution in [3.63, 3.8) is 0 Å². The fourth-order valence-corrected chi connectivity index (χ4v) is 1.60. The monoisotopic (exact) mass is 335 g/mol. The first kappa shape index (κ1) is 11.7. The number of aromatic nitrogens is 1. The van der Waals surface area contributed by atoms with Gasteiger partial charge in [-0.15, -0.1) is 0 Å². The fourth-order valence-electron chi connectivity index (χ4n) is 0.868. The highest BCUT2D eigenvalue weighted by molar-refractivity contribution is 14.1. The Kier molecular flexibility index (Phi) is 3.71. The van der Waals surface area contributed by atoms with Crippen LogP contribution >= 0.6 is 34.2 Å². The van der Waals surface area contributed by atoms with E-state index in [2.05, 4.69) is 4.98 Å². The van der Waals surface area contributed by atoms with Crippen LogP contribution in [0.5, 0.6) is 0 Å². The molecule has 0 aliphatic rings. The first-order chi connectivity index (χ1) is 6.43. The zero-order valence-electron chi connectivity index (χ0n) is 6.40. The van der Waals surface area contributed by atoms with Crippen molar-refractivity contribution in [2.45, 2.75) is 6.43 Å². The maximum atomic E-state index is 13.0. The number of halogens is 5. The zero-order valence-corrected chi connectivity index (χ0v) is 9.31. The van der Waals surface area contributed by atoms with Crippen LogP contribution in [0.2, 0.25) is 0 Å². The average Bonchev–Trinajstić information content (AvgIpc) is 2.01. The maximum absolute atomic E-state index is 13.0. The quantitative estimate of drug-likeness (QED) is 0.472. The van der Waals surface area contributed by atoms with Gasteiger partial charge in [0.2, 0.25) is 5.95 Å². The van der Waals surface area contributed by atoms with Gasteiger partial charge in [-0.2, -0.15) is 4.39 Å². The van der Waals surface area contributed by atoms with Gasteiger partial charge in [-0.05, 0) is 40.3 Å². The van der Waals surface area contributed by atoms with Crippen molar-refractivity contribution in [1.29, 1.82) is 0 Å². The molecule has 0 aromatic carbocycles. The third-order valence-corrected chi connectivity index (χ3v) is 2.15. The second kappa shape index (κ2) is 4.43. The Morgan fingerprint density at radius 3 is 2.57 bits per heavy atom. The summed E-state index contributed by atoms with van der Waals surface area (Å²) < 4.78 is 37.7. The molecule has 1 aromatic rings. The number of carbonyl (C=O) groups excluding carboxylic acids is 1. The summed E-state index contributed by atoms with van der Waals surface area (Å²) in [4.78, 5) is 13.9. The average molecular weight is 335 g/mol. The van der Waals surface area contributed by atoms with E-state index in [0.717, 1.165) is 6.07 Å². The maximum Gasteiger partial charge on any atom is 0.264 e. The third-order valence-electron chi connectivity index (χ3n) is 1.41. The van der Waals surface area contributed by atoms with Crippen LogP contribution in [0.15, 0.2) is 6.07 Å². The molecular formula is C7H2ClF3INO. The highest BCUT2D eigenvalue weighted by Gasteiger charge is 2.23. The second-order valence-corrected chi connectivity index (χ2v) is 3.72. The van der Waals surface area contributed by atoms with Crippen molar-refractivity contribution in [2.24, 2.45) is 0 Å². The molecule has 2 nitrogen and oxygen atoms in total. The van der Waals surface area contributed by atoms with E-state index < -0.39 is 28.7 Å². The van der Waals surface area contributed by atoms with Crippen molar-refractivity contribution < 1.29 is 18.0 Å². The van der Waals surface area contributed by atoms with E-state index in [9.17, 15) is 18.0 Å². The number of alkyl halides is 2. The van der Waals surface area contributed by atoms with E-state index in [0.29, 0.717) is 0 Å². The molecule has 0 atom stereocenters. The molecule has 14 heavy (non-hydrogen) atoms. The predicted octanol–water partition coefficient (Wildman–Crippen LogP) is 3.14. The minimum Gasteiger partial charge on any atom is -0.275 e. The van der Waals surface area contributed by atoms with Crippen LogP contribution in [0.4, 0.5) is 13.2 Å². The van der Waals surface area contributed by atoms with Gasteiger partial charge < -0.3 is 0 Å². The van der Waals surface area contributed by atoms with E-state index in [1.165, 1.54) is 0 Å². The largest absolute Gasteiger partial charge is 0.275 e. The molecule has 0 saturated heterocycles. The molecule has 1 rings (SSSR count). The van der Waals surface area contributed by atoms with E-state index in [1.54, 1.807) is 22.6 Å². The van der Waals surface area contributed by atoms with Gasteiger partial charge in [0.25, 0.3) is 11.7 Å². The van der Waals surface area contributed by atoms with Crippen LogP contribution in [0.3, 0.4) is 0 Å². The number of rotatable bonds is 2. The summed E-state index contributed by atoms with van der Waals surface area (Å²) in [6.45, 7) is 0. The predicted molar refractivity (Wildman–Crippen MR) is 52.1 cm³/mol. The lowest BCUT2D eigenvalue weighted by molar-refractivity contribution is 0.106. The molecule has 0 aliphatic heterocycles. The van der Waals surface area contributed by atoms with Crippen LogP contribution in [-0.2, 0) is 0 Å². The van der Waals surface area contributed by atoms with Crippen molar-refractivity contribution >= 4 is 39.4 Å². The molecule has 0 amide bonds. The summed E-state index contributed by atoms with van der Waals surface area (Å²) in [5.41, 5.74) is -1.59. The number of hydrogen-bond acceptors (Lipinski definition) is 2. The molecule has 0 bridgehead atoms. The molecular weight excluding hydrogens is 333 g/mol. The van der Waals surface area contributed by atoms with E-state index in [1.807, 2.05) is 0 Å². The highest BCUT2D eigenvalue weighted by atomic mass is 127. The normalized spacial score (nSPS) is 10.7. The van der Waals surface area contributed by atoms with E-state index in [4.69, 9.17) is 11.6 Å². The van der Waals surface area contributed by atoms with Crippen molar-refractivity contribution in [2.75, 3.05) is 0 Å². The summed E-state index contributed by atoms with van der Waals surface area (Å²) in [6, 6.07) is 0.921. The van der Waals surface area contributed by atoms with Gasteiger partial charge in [-0.1, -0.05) is 0 Å². The Morgan fingerprint density at radius 1 is 1.57 bits per heavy atom. The Bertz CT molecular complexity index is 385. The standard InChI is InChI=1S/C7H2ClF3INO/c8-5(14)4-2(6(9)10)1-3(12)13-7(4)11/h1,6H. The lowest BCUT2D eigenvalue weighted by Gasteiger charge is -2.05. The lowest BCUT2D eigenvalue weighted by atomic mass is 10.1. The summed E-state index contributed by atoms with van der Waals surface area (Å²) in [5.74, 6) is -1.27. The first-order valence-electron chi connectivity index (χ1n) is 3.27. The third kappa shape index (κ3) is 2.35. The van der Waals surface area contributed by atoms with Gasteiger partial charge in [0.05, 0.1) is 5.56 Å². The summed E-state index contributed by atoms with van der Waals surface area (Å²) in [7, 11) is 0. The Morgan fingerprint density at radius 2 is 2.14 bits per heavy atom. The van der Waals surface area contributed by atoms with Crippen LogP contribution in [-0.4, -0.2) is 10.2 Å². The van der Waals surface area contributed by atoms with Gasteiger partial charge in [-0.25, -0.2) is 13.8 Å². The van der Waals surface area contributed by atoms with Gasteiger partial charge in [-0.3, -0.25) is 4.79 Å². The second-order valence-electron chi connectivity index (χ2n) is 2.27. The van der Waals surface area contributed by atoms with Crippen molar-refractivity contribution in [1.82, 2.24) is 4.98 Å². The number of pyridine rings is 1. The van der Waals surface area contributed by atoms with Gasteiger partial charge in [0, 0.05) is 5.56 Å². The summed E-state index contributed by atoms with van der Waals surface area (Å²) >= 11 is 6.52. The minimum atomic E-state index is -2.96. The van der Waals surface area contributed by atoms with Gasteiger partial charge >= 0.3 is 0 Å². The summed E-state index contributed by atoms with van der Waals surface area (Å²) in [6.07, 6.45) is -2.96. The number of carbonyl (C=O) groups is 1. The molecule has 0 fully saturated rings. The molecule has 0 N–H and O–H groups in total. The topological polar surface area (TPSA) is 30.0 Å². The highest BCUT2D eigenvalue weighted by Crippen LogP contribution is 2.26. The summed E-state index contributed by atoms with van der Waals surface area (Å²) in [5, 5.41) is -1.28. The van der Waals surface area contributed by atoms with Gasteiger partial charge in [0.1, 0.15) is 3.70 Å². The number of hydrogen-bond donors (Lipinski definition) is 0. The molecule has 0 spiro atoms. The Hall–Kier alpha value is -0.370. The van der Waals surface area contributed by atoms with Crippen LogP contribution in [0.25, 0.3) is 0 Å². The molecule has 0 unspecified atom stereocenters. The number of nitrogens with zero attached hydrogens (tertiary/aromatic N) is 1. The molecule has 1 aromatic heterocycles. The molecule has 76 valence electrons. The van der Waals surface area contributed by atoms with Crippen molar-refractivity contribution in [3.05, 3.63) is 26.8 Å². The molecule has 0 saturated carbocycles. The molecule has 0 radical (unpaired) electrons. The zero-order chi connectivity index (χ0) is 10.9. The van der Waals surface area contributed by atoms with Crippen LogP contribution < -0.4 is 0 Å². The molecule has 0 aliphatic carbocycles. The van der Waals surface area contributed by atoms with Crippen LogP contribution in [0, 0.1) is 9.65 Å². The van der Waals surface area contributed by atoms with Crippen LogP contribution in [0.1, 0.15) is 22.3 Å². The minimum absolute atomic E-state index is 0.0390. The Balaban J connectivity index is 3.44. The van der Waals surface area contributed by atoms with E-state index >= 15 is 0 Å². The lowest BCUT2D eigenvalue weighted by Crippen LogP contribution is -2.06. The van der Waals surface area contributed by atoms with E-state index in [-0.39, 0.29) is 3.70 Å². The Labute approximate surface area is 95.6 Å².